The summed E-state index contributed by atoms with van der Waals surface area (Å²) in [5.41, 5.74) is 0.156. The molecule has 1 aliphatic carbocycles. The summed E-state index contributed by atoms with van der Waals surface area (Å²) in [7, 11) is 0. The number of carbonyl (C=O) groups excluding carboxylic acids is 1. The molecule has 2 N–H and O–H groups in total. The fraction of sp³-hybridized carbons (Fsp3) is 0.556. The molecule has 25 heavy (non-hydrogen) atoms. The van der Waals surface area contributed by atoms with Gasteiger partial charge in [0.2, 0.25) is 5.91 Å². The molecule has 1 unspecified atom stereocenters. The molecule has 5 nitrogen and oxygen atoms in total. The van der Waals surface area contributed by atoms with Gasteiger partial charge in [0.05, 0.1) is 11.5 Å². The summed E-state index contributed by atoms with van der Waals surface area (Å²) >= 11 is 0. The fourth-order valence-electron chi connectivity index (χ4n) is 4.08. The van der Waals surface area contributed by atoms with E-state index in [1.54, 1.807) is 12.1 Å². The number of carboxylic acid groups (broad SMARTS) is 1. The van der Waals surface area contributed by atoms with Crippen LogP contribution in [0.15, 0.2) is 24.3 Å². The second kappa shape index (κ2) is 7.70. The molecule has 1 amide bonds. The van der Waals surface area contributed by atoms with E-state index in [4.69, 9.17) is 0 Å². The summed E-state index contributed by atoms with van der Waals surface area (Å²) < 4.78 is 12.9. The fourth-order valence-corrected chi connectivity index (χ4v) is 4.08. The number of fused-ring (bicyclic) bond motifs is 1. The van der Waals surface area contributed by atoms with Crippen LogP contribution >= 0.6 is 12.4 Å². The second-order valence-corrected chi connectivity index (χ2v) is 7.00. The standard InChI is InChI=1S/C18H23FN2O3.ClH/c1-12(16(22)20-9-13-4-6-15(19)7-5-13)21-10-14-3-2-8-18(14,11-21)17(23)24;/h4-7,12,14H,2-3,8-11H2,1H3,(H,20,22)(H,23,24);1H/t12?,14-,18+;/m0./s1. The Bertz CT molecular complexity index is 640. The molecule has 0 radical (unpaired) electrons. The first kappa shape index (κ1) is 19.7. The lowest BCUT2D eigenvalue weighted by molar-refractivity contribution is -0.149. The molecule has 0 aromatic heterocycles. The number of carbonyl (C=O) groups is 2. The van der Waals surface area contributed by atoms with Crippen LogP contribution in [0.2, 0.25) is 0 Å². The van der Waals surface area contributed by atoms with Gasteiger partial charge in [-0.15, -0.1) is 12.4 Å². The molecule has 1 saturated carbocycles. The summed E-state index contributed by atoms with van der Waals surface area (Å²) in [5, 5.41) is 12.5. The first-order valence-electron chi connectivity index (χ1n) is 8.42. The van der Waals surface area contributed by atoms with E-state index < -0.39 is 11.4 Å². The van der Waals surface area contributed by atoms with Crippen LogP contribution in [0.1, 0.15) is 31.7 Å². The highest BCUT2D eigenvalue weighted by Gasteiger charge is 2.55. The Morgan fingerprint density at radius 2 is 2.08 bits per heavy atom. The molecular formula is C18H24ClFN2O3. The van der Waals surface area contributed by atoms with E-state index in [-0.39, 0.29) is 36.1 Å². The molecule has 1 aliphatic heterocycles. The normalized spacial score (nSPS) is 26.6. The number of benzene rings is 1. The third-order valence-electron chi connectivity index (χ3n) is 5.63. The van der Waals surface area contributed by atoms with E-state index in [9.17, 15) is 19.1 Å². The highest BCUT2D eigenvalue weighted by molar-refractivity contribution is 5.85. The van der Waals surface area contributed by atoms with Crippen molar-refractivity contribution in [3.05, 3.63) is 35.6 Å². The Morgan fingerprint density at radius 1 is 1.40 bits per heavy atom. The first-order valence-corrected chi connectivity index (χ1v) is 8.42. The molecule has 3 atom stereocenters. The maximum absolute atomic E-state index is 12.9. The number of hydrogen-bond acceptors (Lipinski definition) is 3. The van der Waals surface area contributed by atoms with Gasteiger partial charge in [0.1, 0.15) is 5.82 Å². The molecule has 0 spiro atoms. The summed E-state index contributed by atoms with van der Waals surface area (Å²) in [6, 6.07) is 5.64. The zero-order valence-electron chi connectivity index (χ0n) is 14.2. The minimum Gasteiger partial charge on any atom is -0.481 e. The second-order valence-electron chi connectivity index (χ2n) is 7.00. The molecule has 1 heterocycles. The molecule has 138 valence electrons. The van der Waals surface area contributed by atoms with Crippen LogP contribution in [0.5, 0.6) is 0 Å². The number of rotatable bonds is 5. The quantitative estimate of drug-likeness (QED) is 0.835. The van der Waals surface area contributed by atoms with E-state index in [0.717, 1.165) is 18.4 Å². The smallest absolute Gasteiger partial charge is 0.311 e. The average Bonchev–Trinajstić information content (AvgIpc) is 3.11. The van der Waals surface area contributed by atoms with E-state index in [1.165, 1.54) is 12.1 Å². The van der Waals surface area contributed by atoms with Gasteiger partial charge in [0.25, 0.3) is 0 Å². The van der Waals surface area contributed by atoms with Crippen LogP contribution in [-0.4, -0.2) is 41.0 Å². The number of aliphatic carboxylic acids is 1. The third-order valence-corrected chi connectivity index (χ3v) is 5.63. The number of carboxylic acids is 1. The van der Waals surface area contributed by atoms with Crippen LogP contribution in [0.25, 0.3) is 0 Å². The van der Waals surface area contributed by atoms with Crippen molar-refractivity contribution in [2.24, 2.45) is 11.3 Å². The maximum Gasteiger partial charge on any atom is 0.311 e. The Hall–Kier alpha value is -1.66. The van der Waals surface area contributed by atoms with Gasteiger partial charge in [-0.1, -0.05) is 18.6 Å². The van der Waals surface area contributed by atoms with Crippen molar-refractivity contribution in [2.75, 3.05) is 13.1 Å². The van der Waals surface area contributed by atoms with Crippen molar-refractivity contribution < 1.29 is 19.1 Å². The van der Waals surface area contributed by atoms with Gasteiger partial charge >= 0.3 is 5.97 Å². The van der Waals surface area contributed by atoms with Crippen LogP contribution < -0.4 is 5.32 Å². The Labute approximate surface area is 153 Å². The van der Waals surface area contributed by atoms with Gasteiger partial charge in [-0.2, -0.15) is 0 Å². The number of nitrogens with one attached hydrogen (secondary N) is 1. The Kier molecular flexibility index (Phi) is 6.06. The first-order chi connectivity index (χ1) is 11.4. The SMILES string of the molecule is CC(C(=O)NCc1ccc(F)cc1)N1C[C@@H]2CCC[C@@]2(C(=O)O)C1.Cl. The molecule has 0 bridgehead atoms. The largest absolute Gasteiger partial charge is 0.481 e. The van der Waals surface area contributed by atoms with Gasteiger partial charge < -0.3 is 10.4 Å². The molecule has 2 fully saturated rings. The van der Waals surface area contributed by atoms with Crippen molar-refractivity contribution in [3.8, 4) is 0 Å². The predicted octanol–water partition coefficient (Wildman–Crippen LogP) is 2.44. The minimum atomic E-state index is -0.730. The molecule has 7 heteroatoms. The van der Waals surface area contributed by atoms with Gasteiger partial charge in [-0.25, -0.2) is 4.39 Å². The van der Waals surface area contributed by atoms with E-state index in [1.807, 2.05) is 11.8 Å². The lowest BCUT2D eigenvalue weighted by atomic mass is 9.81. The Balaban J connectivity index is 0.00000225. The number of hydrogen-bond donors (Lipinski definition) is 2. The van der Waals surface area contributed by atoms with Crippen molar-refractivity contribution in [2.45, 2.75) is 38.8 Å². The number of halogens is 2. The van der Waals surface area contributed by atoms with Crippen molar-refractivity contribution in [3.63, 3.8) is 0 Å². The number of nitrogens with zero attached hydrogens (tertiary/aromatic N) is 1. The summed E-state index contributed by atoms with van der Waals surface area (Å²) in [6.07, 6.45) is 2.58. The highest BCUT2D eigenvalue weighted by Crippen LogP contribution is 2.49. The average molecular weight is 371 g/mol. The topological polar surface area (TPSA) is 69.6 Å². The van der Waals surface area contributed by atoms with Crippen molar-refractivity contribution in [1.82, 2.24) is 10.2 Å². The summed E-state index contributed by atoms with van der Waals surface area (Å²) in [6.45, 7) is 3.26. The summed E-state index contributed by atoms with van der Waals surface area (Å²) in [5.74, 6) is -1.02. The van der Waals surface area contributed by atoms with Gasteiger partial charge in [-0.05, 0) is 43.4 Å². The van der Waals surface area contributed by atoms with Gasteiger partial charge in [0, 0.05) is 19.6 Å². The summed E-state index contributed by atoms with van der Waals surface area (Å²) in [4.78, 5) is 26.1. The van der Waals surface area contributed by atoms with Crippen LogP contribution in [0.4, 0.5) is 4.39 Å². The maximum atomic E-state index is 12.9. The Morgan fingerprint density at radius 3 is 2.68 bits per heavy atom. The van der Waals surface area contributed by atoms with E-state index >= 15 is 0 Å². The van der Waals surface area contributed by atoms with Gasteiger partial charge in [0.15, 0.2) is 0 Å². The third kappa shape index (κ3) is 3.80. The van der Waals surface area contributed by atoms with Crippen LogP contribution in [0, 0.1) is 17.2 Å². The molecule has 3 rings (SSSR count). The molecule has 1 saturated heterocycles. The zero-order chi connectivity index (χ0) is 17.3. The van der Waals surface area contributed by atoms with Crippen molar-refractivity contribution >= 4 is 24.3 Å². The number of likely N-dealkylation sites (tertiary alicyclic amines) is 1. The van der Waals surface area contributed by atoms with E-state index in [2.05, 4.69) is 5.32 Å². The molecule has 2 aliphatic rings. The van der Waals surface area contributed by atoms with E-state index in [0.29, 0.717) is 26.1 Å². The monoisotopic (exact) mass is 370 g/mol. The van der Waals surface area contributed by atoms with Crippen molar-refractivity contribution in [1.29, 1.82) is 0 Å². The van der Waals surface area contributed by atoms with Crippen LogP contribution in [0.3, 0.4) is 0 Å². The van der Waals surface area contributed by atoms with Gasteiger partial charge in [-0.3, -0.25) is 14.5 Å². The lowest BCUT2D eigenvalue weighted by Gasteiger charge is -2.26. The van der Waals surface area contributed by atoms with Crippen LogP contribution in [-0.2, 0) is 16.1 Å². The lowest BCUT2D eigenvalue weighted by Crippen LogP contribution is -2.45. The minimum absolute atomic E-state index is 0. The molecule has 1 aromatic carbocycles. The highest BCUT2D eigenvalue weighted by atomic mass is 35.5. The predicted molar refractivity (Wildman–Crippen MR) is 93.9 cm³/mol. The molecule has 1 aromatic rings. The molecular weight excluding hydrogens is 347 g/mol. The zero-order valence-corrected chi connectivity index (χ0v) is 15.0. The number of amides is 1.